The van der Waals surface area contributed by atoms with Gasteiger partial charge in [-0.05, 0) is 12.8 Å². The molecular formula is C8H17N4+. The first-order valence-corrected chi connectivity index (χ1v) is 4.57. The highest BCUT2D eigenvalue weighted by molar-refractivity contribution is 4.64. The minimum atomic E-state index is 0.469. The minimum absolute atomic E-state index is 0.469. The third kappa shape index (κ3) is 2.13. The molecule has 0 atom stereocenters. The first kappa shape index (κ1) is 9.36. The van der Waals surface area contributed by atoms with Crippen LogP contribution in [0.1, 0.15) is 32.1 Å². The molecule has 0 unspecified atom stereocenters. The van der Waals surface area contributed by atoms with Gasteiger partial charge in [0.1, 0.15) is 11.3 Å². The number of rotatable bonds is 2. The molecule has 0 amide bonds. The van der Waals surface area contributed by atoms with E-state index in [1.54, 1.807) is 0 Å². The van der Waals surface area contributed by atoms with Crippen LogP contribution in [0.2, 0.25) is 0 Å². The van der Waals surface area contributed by atoms with E-state index >= 15 is 0 Å². The second-order valence-corrected chi connectivity index (χ2v) is 3.95. The fraction of sp³-hybridized carbons (Fsp3) is 1.00. The average Bonchev–Trinajstić information content (AvgIpc) is 2.06. The Bertz CT molecular complexity index is 187. The number of quaternary nitrogens is 1. The van der Waals surface area contributed by atoms with E-state index in [2.05, 4.69) is 10.1 Å². The van der Waals surface area contributed by atoms with Crippen molar-refractivity contribution >= 4 is 0 Å². The van der Waals surface area contributed by atoms with Gasteiger partial charge in [0.05, 0.1) is 19.0 Å². The van der Waals surface area contributed by atoms with Crippen molar-refractivity contribution < 1.29 is 4.59 Å². The van der Waals surface area contributed by atoms with Crippen molar-refractivity contribution in [1.29, 1.82) is 0 Å². The van der Waals surface area contributed by atoms with Crippen molar-refractivity contribution in [2.45, 2.75) is 38.1 Å². The standard InChI is InChI=1S/C8H17N4/c1-12(2,11-10-9)8-6-4-3-5-7-8/h8H,3-7H2,1-2H3/q+1. The summed E-state index contributed by atoms with van der Waals surface area (Å²) in [5.74, 6) is 0. The van der Waals surface area contributed by atoms with Crippen LogP contribution >= 0.6 is 0 Å². The summed E-state index contributed by atoms with van der Waals surface area (Å²) in [5, 5.41) is 3.80. The van der Waals surface area contributed by atoms with Gasteiger partial charge in [-0.25, -0.2) is 4.59 Å². The molecule has 1 saturated carbocycles. The maximum Gasteiger partial charge on any atom is 0.113 e. The fourth-order valence-corrected chi connectivity index (χ4v) is 1.89. The van der Waals surface area contributed by atoms with E-state index in [1.807, 2.05) is 14.1 Å². The highest BCUT2D eigenvalue weighted by Gasteiger charge is 2.29. The first-order chi connectivity index (χ1) is 5.67. The van der Waals surface area contributed by atoms with Crippen LogP contribution in [0.25, 0.3) is 10.4 Å². The zero-order valence-corrected chi connectivity index (χ0v) is 7.90. The summed E-state index contributed by atoms with van der Waals surface area (Å²) in [4.78, 5) is 2.88. The lowest BCUT2D eigenvalue weighted by molar-refractivity contribution is -0.924. The van der Waals surface area contributed by atoms with Gasteiger partial charge >= 0.3 is 0 Å². The zero-order valence-electron chi connectivity index (χ0n) is 7.90. The van der Waals surface area contributed by atoms with Crippen LogP contribution in [-0.4, -0.2) is 24.7 Å². The van der Waals surface area contributed by atoms with E-state index in [4.69, 9.17) is 5.53 Å². The van der Waals surface area contributed by atoms with Crippen LogP contribution in [0.15, 0.2) is 5.22 Å². The summed E-state index contributed by atoms with van der Waals surface area (Å²) in [6.45, 7) is 0. The molecule has 12 heavy (non-hydrogen) atoms. The molecule has 0 aromatic carbocycles. The molecular weight excluding hydrogens is 152 g/mol. The van der Waals surface area contributed by atoms with Crippen molar-refractivity contribution in [3.8, 4) is 0 Å². The van der Waals surface area contributed by atoms with Gasteiger partial charge in [0.15, 0.2) is 0 Å². The summed E-state index contributed by atoms with van der Waals surface area (Å²) < 4.78 is 0.469. The van der Waals surface area contributed by atoms with Crippen molar-refractivity contribution in [3.63, 3.8) is 0 Å². The summed E-state index contributed by atoms with van der Waals surface area (Å²) in [6, 6.07) is 0.537. The second-order valence-electron chi connectivity index (χ2n) is 3.95. The number of nitrogens with zero attached hydrogens (tertiary/aromatic N) is 4. The van der Waals surface area contributed by atoms with E-state index in [1.165, 1.54) is 32.1 Å². The molecule has 1 rings (SSSR count). The lowest BCUT2D eigenvalue weighted by Crippen LogP contribution is -2.44. The van der Waals surface area contributed by atoms with Crippen molar-refractivity contribution in [1.82, 2.24) is 0 Å². The van der Waals surface area contributed by atoms with Crippen LogP contribution in [0.3, 0.4) is 0 Å². The molecule has 0 radical (unpaired) electrons. The number of hydrogen-bond acceptors (Lipinski definition) is 1. The van der Waals surface area contributed by atoms with Gasteiger partial charge in [-0.3, -0.25) is 0 Å². The number of azide groups is 1. The van der Waals surface area contributed by atoms with Gasteiger partial charge < -0.3 is 0 Å². The van der Waals surface area contributed by atoms with Crippen molar-refractivity contribution in [3.05, 3.63) is 10.4 Å². The Morgan fingerprint density at radius 3 is 2.33 bits per heavy atom. The predicted octanol–water partition coefficient (Wildman–Crippen LogP) is 2.62. The zero-order chi connectivity index (χ0) is 9.03. The maximum atomic E-state index is 8.38. The van der Waals surface area contributed by atoms with Gasteiger partial charge in [-0.1, -0.05) is 6.42 Å². The second kappa shape index (κ2) is 3.78. The molecule has 0 N–H and O–H groups in total. The van der Waals surface area contributed by atoms with E-state index in [9.17, 15) is 0 Å². The average molecular weight is 169 g/mol. The Balaban J connectivity index is 2.59. The summed E-state index contributed by atoms with van der Waals surface area (Å²) >= 11 is 0. The fourth-order valence-electron chi connectivity index (χ4n) is 1.89. The van der Waals surface area contributed by atoms with E-state index in [0.29, 0.717) is 10.6 Å². The minimum Gasteiger partial charge on any atom is -0.217 e. The van der Waals surface area contributed by atoms with Crippen LogP contribution in [0.4, 0.5) is 0 Å². The largest absolute Gasteiger partial charge is 0.217 e. The molecule has 1 fully saturated rings. The van der Waals surface area contributed by atoms with Gasteiger partial charge in [0.2, 0.25) is 0 Å². The van der Waals surface area contributed by atoms with Crippen LogP contribution in [0.5, 0.6) is 0 Å². The van der Waals surface area contributed by atoms with Gasteiger partial charge in [0.25, 0.3) is 0 Å². The Labute approximate surface area is 73.4 Å². The Morgan fingerprint density at radius 2 is 1.83 bits per heavy atom. The molecule has 4 heteroatoms. The van der Waals surface area contributed by atoms with Gasteiger partial charge in [0, 0.05) is 18.4 Å². The van der Waals surface area contributed by atoms with Gasteiger partial charge in [-0.2, -0.15) is 0 Å². The molecule has 4 nitrogen and oxygen atoms in total. The van der Waals surface area contributed by atoms with Crippen LogP contribution < -0.4 is 0 Å². The monoisotopic (exact) mass is 169 g/mol. The SMILES string of the molecule is C[N+](C)(N=[N+]=[N-])C1CCCCC1. The summed E-state index contributed by atoms with van der Waals surface area (Å²) in [5.41, 5.74) is 8.38. The third-order valence-electron chi connectivity index (χ3n) is 2.74. The maximum absolute atomic E-state index is 8.38. The third-order valence-corrected chi connectivity index (χ3v) is 2.74. The summed E-state index contributed by atoms with van der Waals surface area (Å²) in [6.07, 6.45) is 6.31. The van der Waals surface area contributed by atoms with Gasteiger partial charge in [-0.15, -0.1) is 0 Å². The Kier molecular flexibility index (Phi) is 2.95. The Hall–Kier alpha value is -0.730. The predicted molar refractivity (Wildman–Crippen MR) is 48.1 cm³/mol. The quantitative estimate of drug-likeness (QED) is 0.200. The molecule has 1 aliphatic rings. The molecule has 0 aliphatic heterocycles. The van der Waals surface area contributed by atoms with Crippen molar-refractivity contribution in [2.75, 3.05) is 14.1 Å². The van der Waals surface area contributed by atoms with E-state index in [0.717, 1.165) is 0 Å². The molecule has 1 aliphatic carbocycles. The molecule has 0 bridgehead atoms. The number of hydrogen-bond donors (Lipinski definition) is 0. The van der Waals surface area contributed by atoms with Crippen LogP contribution in [0, 0.1) is 0 Å². The summed E-state index contributed by atoms with van der Waals surface area (Å²) in [7, 11) is 3.96. The molecule has 0 heterocycles. The highest BCUT2D eigenvalue weighted by Crippen LogP contribution is 2.25. The first-order valence-electron chi connectivity index (χ1n) is 4.57. The van der Waals surface area contributed by atoms with E-state index < -0.39 is 0 Å². The molecule has 68 valence electrons. The Morgan fingerprint density at radius 1 is 1.25 bits per heavy atom. The molecule has 0 aromatic rings. The normalized spacial score (nSPS) is 20.2. The van der Waals surface area contributed by atoms with Crippen LogP contribution in [-0.2, 0) is 0 Å². The highest BCUT2D eigenvalue weighted by atomic mass is 15.7. The molecule has 0 spiro atoms. The molecule has 0 aromatic heterocycles. The lowest BCUT2D eigenvalue weighted by atomic mass is 9.94. The molecule has 0 saturated heterocycles. The topological polar surface area (TPSA) is 48.8 Å². The smallest absolute Gasteiger partial charge is 0.113 e. The van der Waals surface area contributed by atoms with Crippen molar-refractivity contribution in [2.24, 2.45) is 5.22 Å². The van der Waals surface area contributed by atoms with E-state index in [-0.39, 0.29) is 0 Å². The lowest BCUT2D eigenvalue weighted by Gasteiger charge is -2.33.